The van der Waals surface area contributed by atoms with Gasteiger partial charge < -0.3 is 37.0 Å². The molecule has 0 aliphatic rings. The fourth-order valence-electron chi connectivity index (χ4n) is 3.38. The molecular formula is C25H30N4O8. The first-order valence-electron chi connectivity index (χ1n) is 11.4. The highest BCUT2D eigenvalue weighted by atomic mass is 16.4. The zero-order valence-corrected chi connectivity index (χ0v) is 19.9. The van der Waals surface area contributed by atoms with E-state index in [1.54, 1.807) is 42.5 Å². The molecule has 12 heteroatoms. The van der Waals surface area contributed by atoms with Gasteiger partial charge >= 0.3 is 11.9 Å². The number of carbonyl (C=O) groups excluding carboxylic acids is 3. The Kier molecular flexibility index (Phi) is 11.0. The number of phenolic OH excluding ortho intramolecular Hbond substituents is 1. The molecule has 2 aromatic carbocycles. The molecule has 0 heterocycles. The number of nitrogens with two attached hydrogens (primary N) is 1. The van der Waals surface area contributed by atoms with Gasteiger partial charge in [-0.2, -0.15) is 0 Å². The number of aliphatic carboxylic acids is 2. The third-order valence-corrected chi connectivity index (χ3v) is 5.35. The van der Waals surface area contributed by atoms with E-state index in [4.69, 9.17) is 10.8 Å². The van der Waals surface area contributed by atoms with Gasteiger partial charge in [-0.05, 0) is 36.1 Å². The van der Waals surface area contributed by atoms with Crippen LogP contribution in [0.2, 0.25) is 0 Å². The maximum Gasteiger partial charge on any atom is 0.326 e. The molecule has 0 aliphatic carbocycles. The molecule has 3 atom stereocenters. The molecule has 3 unspecified atom stereocenters. The number of rotatable bonds is 14. The molecule has 2 rings (SSSR count). The molecule has 0 fully saturated rings. The summed E-state index contributed by atoms with van der Waals surface area (Å²) in [6.45, 7) is -0.587. The van der Waals surface area contributed by atoms with Gasteiger partial charge in [-0.1, -0.05) is 42.5 Å². The van der Waals surface area contributed by atoms with Crippen LogP contribution < -0.4 is 21.7 Å². The van der Waals surface area contributed by atoms with Crippen molar-refractivity contribution in [3.63, 3.8) is 0 Å². The second kappa shape index (κ2) is 14.2. The highest BCUT2D eigenvalue weighted by Crippen LogP contribution is 2.11. The van der Waals surface area contributed by atoms with Gasteiger partial charge in [-0.3, -0.25) is 19.2 Å². The molecule has 37 heavy (non-hydrogen) atoms. The van der Waals surface area contributed by atoms with Crippen molar-refractivity contribution in [1.82, 2.24) is 16.0 Å². The second-order valence-electron chi connectivity index (χ2n) is 8.34. The van der Waals surface area contributed by atoms with Crippen molar-refractivity contribution in [3.05, 3.63) is 65.7 Å². The topological polar surface area (TPSA) is 208 Å². The number of phenols is 1. The van der Waals surface area contributed by atoms with Crippen LogP contribution >= 0.6 is 0 Å². The number of aromatic hydroxyl groups is 1. The third kappa shape index (κ3) is 10.4. The largest absolute Gasteiger partial charge is 0.508 e. The van der Waals surface area contributed by atoms with Crippen LogP contribution in [0.3, 0.4) is 0 Å². The third-order valence-electron chi connectivity index (χ3n) is 5.35. The first kappa shape index (κ1) is 28.8. The average molecular weight is 515 g/mol. The Morgan fingerprint density at radius 2 is 1.41 bits per heavy atom. The second-order valence-corrected chi connectivity index (χ2v) is 8.34. The number of carboxylic acid groups (broad SMARTS) is 2. The van der Waals surface area contributed by atoms with Crippen LogP contribution in [0.5, 0.6) is 5.75 Å². The normalized spacial score (nSPS) is 13.0. The predicted molar refractivity (Wildman–Crippen MR) is 131 cm³/mol. The van der Waals surface area contributed by atoms with Crippen molar-refractivity contribution in [3.8, 4) is 5.75 Å². The minimum atomic E-state index is -1.29. The number of hydrogen-bond acceptors (Lipinski definition) is 7. The zero-order chi connectivity index (χ0) is 27.4. The molecule has 8 N–H and O–H groups in total. The number of benzene rings is 2. The lowest BCUT2D eigenvalue weighted by molar-refractivity contribution is -0.141. The van der Waals surface area contributed by atoms with Gasteiger partial charge in [0.2, 0.25) is 17.7 Å². The van der Waals surface area contributed by atoms with Gasteiger partial charge in [0.15, 0.2) is 0 Å². The fraction of sp³-hybridized carbons (Fsp3) is 0.320. The summed E-state index contributed by atoms with van der Waals surface area (Å²) in [7, 11) is 0. The Morgan fingerprint density at radius 3 is 2.00 bits per heavy atom. The molecule has 3 amide bonds. The quantitative estimate of drug-likeness (QED) is 0.174. The van der Waals surface area contributed by atoms with E-state index in [9.17, 15) is 34.2 Å². The summed E-state index contributed by atoms with van der Waals surface area (Å²) in [5, 5.41) is 34.8. The van der Waals surface area contributed by atoms with Crippen LogP contribution in [0.15, 0.2) is 54.6 Å². The van der Waals surface area contributed by atoms with Crippen molar-refractivity contribution in [1.29, 1.82) is 0 Å². The Balaban J connectivity index is 1.94. The van der Waals surface area contributed by atoms with E-state index in [-0.39, 0.29) is 25.0 Å². The summed E-state index contributed by atoms with van der Waals surface area (Å²) < 4.78 is 0. The number of hydrogen-bond donors (Lipinski definition) is 7. The lowest BCUT2D eigenvalue weighted by Gasteiger charge is -2.21. The van der Waals surface area contributed by atoms with Gasteiger partial charge in [0.1, 0.15) is 17.8 Å². The minimum absolute atomic E-state index is 0.0338. The molecule has 0 aliphatic heterocycles. The lowest BCUT2D eigenvalue weighted by atomic mass is 10.0. The summed E-state index contributed by atoms with van der Waals surface area (Å²) in [6.07, 6.45) is -0.562. The predicted octanol–water partition coefficient (Wildman–Crippen LogP) is -0.460. The van der Waals surface area contributed by atoms with E-state index in [0.29, 0.717) is 11.1 Å². The summed E-state index contributed by atoms with van der Waals surface area (Å²) in [6, 6.07) is 11.1. The first-order chi connectivity index (χ1) is 17.5. The molecule has 2 aromatic rings. The summed E-state index contributed by atoms with van der Waals surface area (Å²) in [5.41, 5.74) is 7.27. The molecule has 0 aromatic heterocycles. The van der Waals surface area contributed by atoms with Crippen molar-refractivity contribution in [2.75, 3.05) is 6.54 Å². The van der Waals surface area contributed by atoms with Gasteiger partial charge in [0.05, 0.1) is 12.6 Å². The van der Waals surface area contributed by atoms with Crippen molar-refractivity contribution in [2.24, 2.45) is 5.73 Å². The van der Waals surface area contributed by atoms with E-state index in [2.05, 4.69) is 16.0 Å². The van der Waals surface area contributed by atoms with Gasteiger partial charge in [0.25, 0.3) is 0 Å². The molecule has 0 bridgehead atoms. The van der Waals surface area contributed by atoms with E-state index in [1.165, 1.54) is 12.1 Å². The first-order valence-corrected chi connectivity index (χ1v) is 11.4. The van der Waals surface area contributed by atoms with Gasteiger partial charge in [-0.15, -0.1) is 0 Å². The van der Waals surface area contributed by atoms with Crippen LogP contribution in [0.4, 0.5) is 0 Å². The SMILES string of the molecule is NC(Cc1ccc(O)cc1)C(=O)NC(CCC(=O)O)C(=O)NCC(=O)NC(Cc1ccccc1)C(=O)O. The maximum atomic E-state index is 12.6. The molecule has 0 saturated carbocycles. The van der Waals surface area contributed by atoms with E-state index in [0.717, 1.165) is 0 Å². The summed E-state index contributed by atoms with van der Waals surface area (Å²) >= 11 is 0. The fourth-order valence-corrected chi connectivity index (χ4v) is 3.38. The highest BCUT2D eigenvalue weighted by Gasteiger charge is 2.26. The van der Waals surface area contributed by atoms with Crippen LogP contribution in [-0.2, 0) is 36.8 Å². The van der Waals surface area contributed by atoms with Crippen molar-refractivity contribution >= 4 is 29.7 Å². The summed E-state index contributed by atoms with van der Waals surface area (Å²) in [4.78, 5) is 60.0. The standard InChI is InChI=1S/C25H30N4O8/c26-18(12-16-6-8-17(30)9-7-16)23(34)29-19(10-11-22(32)33)24(35)27-14-21(31)28-20(25(36)37)13-15-4-2-1-3-5-15/h1-9,18-20,30H,10-14,26H2,(H,27,35)(H,28,31)(H,29,34)(H,32,33)(H,36,37). The molecule has 0 spiro atoms. The Labute approximate surface area is 212 Å². The Hall–Kier alpha value is -4.45. The molecular weight excluding hydrogens is 484 g/mol. The zero-order valence-electron chi connectivity index (χ0n) is 19.9. The molecule has 198 valence electrons. The maximum absolute atomic E-state index is 12.6. The van der Waals surface area contributed by atoms with Crippen LogP contribution in [-0.4, -0.2) is 69.7 Å². The monoisotopic (exact) mass is 514 g/mol. The van der Waals surface area contributed by atoms with E-state index in [1.807, 2.05) is 0 Å². The smallest absolute Gasteiger partial charge is 0.326 e. The number of nitrogens with one attached hydrogen (secondary N) is 3. The molecule has 0 saturated heterocycles. The summed E-state index contributed by atoms with van der Waals surface area (Å²) in [5.74, 6) is -4.70. The minimum Gasteiger partial charge on any atom is -0.508 e. The molecule has 0 radical (unpaired) electrons. The van der Waals surface area contributed by atoms with Crippen molar-refractivity contribution < 1.29 is 39.3 Å². The van der Waals surface area contributed by atoms with Gasteiger partial charge in [-0.25, -0.2) is 4.79 Å². The van der Waals surface area contributed by atoms with E-state index >= 15 is 0 Å². The van der Waals surface area contributed by atoms with Gasteiger partial charge in [0, 0.05) is 12.8 Å². The highest BCUT2D eigenvalue weighted by molar-refractivity contribution is 5.93. The number of carboxylic acids is 2. The van der Waals surface area contributed by atoms with Crippen LogP contribution in [0.1, 0.15) is 24.0 Å². The lowest BCUT2D eigenvalue weighted by Crippen LogP contribution is -2.54. The van der Waals surface area contributed by atoms with Crippen molar-refractivity contribution in [2.45, 2.75) is 43.8 Å². The van der Waals surface area contributed by atoms with E-state index < -0.39 is 60.8 Å². The average Bonchev–Trinajstić information content (AvgIpc) is 2.86. The molecule has 12 nitrogen and oxygen atoms in total. The number of carbonyl (C=O) groups is 5. The Morgan fingerprint density at radius 1 is 0.784 bits per heavy atom. The van der Waals surface area contributed by atoms with Crippen LogP contribution in [0.25, 0.3) is 0 Å². The Bertz CT molecular complexity index is 1090. The van der Waals surface area contributed by atoms with Crippen LogP contribution in [0, 0.1) is 0 Å². The number of amides is 3.